The van der Waals surface area contributed by atoms with Gasteiger partial charge in [0.2, 0.25) is 0 Å². The van der Waals surface area contributed by atoms with E-state index in [0.29, 0.717) is 12.4 Å². The summed E-state index contributed by atoms with van der Waals surface area (Å²) in [4.78, 5) is 10.7. The van der Waals surface area contributed by atoms with Gasteiger partial charge in [-0.2, -0.15) is 0 Å². The summed E-state index contributed by atoms with van der Waals surface area (Å²) in [5, 5.41) is 8.77. The lowest BCUT2D eigenvalue weighted by Crippen LogP contribution is -2.00. The van der Waals surface area contributed by atoms with Gasteiger partial charge in [0, 0.05) is 16.9 Å². The average Bonchev–Trinajstić information content (AvgIpc) is 3.03. The quantitative estimate of drug-likeness (QED) is 0.524. The maximum absolute atomic E-state index is 10.7. The summed E-state index contributed by atoms with van der Waals surface area (Å²) in [6, 6.07) is 16.3. The van der Waals surface area contributed by atoms with Crippen LogP contribution in [0.15, 0.2) is 52.9 Å². The minimum Gasteiger partial charge on any atom is -0.488 e. The van der Waals surface area contributed by atoms with E-state index in [4.69, 9.17) is 14.3 Å². The SMILES string of the molecule is Cc1ccc(-c2cc(COc3cc(CSCC(=O)O)ccc3C)c(C)o2)cc1. The van der Waals surface area contributed by atoms with Crippen LogP contribution in [0.25, 0.3) is 11.3 Å². The van der Waals surface area contributed by atoms with E-state index >= 15 is 0 Å². The number of hydrogen-bond donors (Lipinski definition) is 1. The predicted octanol–water partition coefficient (Wildman–Crippen LogP) is 5.77. The maximum atomic E-state index is 10.7. The number of ether oxygens (including phenoxy) is 1. The number of benzene rings is 2. The van der Waals surface area contributed by atoms with E-state index in [1.165, 1.54) is 17.3 Å². The fourth-order valence-electron chi connectivity index (χ4n) is 2.82. The molecule has 0 amide bonds. The Labute approximate surface area is 169 Å². The first-order valence-corrected chi connectivity index (χ1v) is 10.3. The zero-order valence-corrected chi connectivity index (χ0v) is 17.1. The summed E-state index contributed by atoms with van der Waals surface area (Å²) in [5.74, 6) is 2.44. The Morgan fingerprint density at radius 1 is 1.07 bits per heavy atom. The van der Waals surface area contributed by atoms with Gasteiger partial charge in [0.1, 0.15) is 23.9 Å². The van der Waals surface area contributed by atoms with Crippen LogP contribution in [0, 0.1) is 20.8 Å². The number of furan rings is 1. The fraction of sp³-hybridized carbons (Fsp3) is 0.261. The number of hydrogen-bond acceptors (Lipinski definition) is 4. The van der Waals surface area contributed by atoms with E-state index in [0.717, 1.165) is 39.5 Å². The van der Waals surface area contributed by atoms with Gasteiger partial charge < -0.3 is 14.3 Å². The lowest BCUT2D eigenvalue weighted by molar-refractivity contribution is -0.133. The lowest BCUT2D eigenvalue weighted by atomic mass is 10.1. The van der Waals surface area contributed by atoms with Crippen molar-refractivity contribution < 1.29 is 19.1 Å². The highest BCUT2D eigenvalue weighted by Crippen LogP contribution is 2.28. The van der Waals surface area contributed by atoms with Crippen LogP contribution in [-0.4, -0.2) is 16.8 Å². The monoisotopic (exact) mass is 396 g/mol. The van der Waals surface area contributed by atoms with Crippen LogP contribution in [0.1, 0.15) is 28.0 Å². The molecule has 5 heteroatoms. The van der Waals surface area contributed by atoms with Crippen molar-refractivity contribution in [3.8, 4) is 17.1 Å². The van der Waals surface area contributed by atoms with Gasteiger partial charge in [0.25, 0.3) is 0 Å². The molecule has 0 spiro atoms. The third kappa shape index (κ3) is 5.20. The Morgan fingerprint density at radius 3 is 2.54 bits per heavy atom. The van der Waals surface area contributed by atoms with Crippen LogP contribution in [0.4, 0.5) is 0 Å². The molecule has 146 valence electrons. The Hall–Kier alpha value is -2.66. The summed E-state index contributed by atoms with van der Waals surface area (Å²) in [5.41, 5.74) is 5.38. The molecule has 1 heterocycles. The smallest absolute Gasteiger partial charge is 0.313 e. The number of aryl methyl sites for hydroxylation is 3. The molecule has 0 radical (unpaired) electrons. The van der Waals surface area contributed by atoms with Crippen molar-refractivity contribution in [2.75, 3.05) is 5.75 Å². The highest BCUT2D eigenvalue weighted by molar-refractivity contribution is 7.99. The molecule has 2 aromatic carbocycles. The molecule has 1 aromatic heterocycles. The Morgan fingerprint density at radius 2 is 1.82 bits per heavy atom. The predicted molar refractivity (Wildman–Crippen MR) is 113 cm³/mol. The molecule has 0 saturated carbocycles. The average molecular weight is 397 g/mol. The van der Waals surface area contributed by atoms with Crippen LogP contribution in [0.3, 0.4) is 0 Å². The van der Waals surface area contributed by atoms with E-state index < -0.39 is 5.97 Å². The fourth-order valence-corrected chi connectivity index (χ4v) is 3.52. The number of thioether (sulfide) groups is 1. The second kappa shape index (κ2) is 9.02. The Bertz CT molecular complexity index is 957. The minimum atomic E-state index is -0.798. The molecule has 0 atom stereocenters. The molecule has 0 aliphatic carbocycles. The molecule has 0 bridgehead atoms. The van der Waals surface area contributed by atoms with Gasteiger partial charge in [0.05, 0.1) is 5.75 Å². The van der Waals surface area contributed by atoms with E-state index in [9.17, 15) is 4.79 Å². The van der Waals surface area contributed by atoms with E-state index in [2.05, 4.69) is 31.2 Å². The molecule has 28 heavy (non-hydrogen) atoms. The molecule has 3 aromatic rings. The van der Waals surface area contributed by atoms with Gasteiger partial charge in [0.15, 0.2) is 0 Å². The van der Waals surface area contributed by atoms with Crippen LogP contribution in [0.5, 0.6) is 5.75 Å². The van der Waals surface area contributed by atoms with Gasteiger partial charge in [-0.3, -0.25) is 4.79 Å². The standard InChI is InChI=1S/C23H24O4S/c1-15-4-8-19(9-5-15)22-11-20(17(3)27-22)12-26-21-10-18(7-6-16(21)2)13-28-14-23(24)25/h4-11H,12-14H2,1-3H3,(H,24,25). The minimum absolute atomic E-state index is 0.0973. The van der Waals surface area contributed by atoms with Crippen molar-refractivity contribution in [1.29, 1.82) is 0 Å². The molecule has 0 aliphatic heterocycles. The molecule has 0 unspecified atom stereocenters. The first-order valence-electron chi connectivity index (χ1n) is 9.10. The molecule has 4 nitrogen and oxygen atoms in total. The van der Waals surface area contributed by atoms with Crippen molar-refractivity contribution in [1.82, 2.24) is 0 Å². The summed E-state index contributed by atoms with van der Waals surface area (Å²) < 4.78 is 12.0. The van der Waals surface area contributed by atoms with Gasteiger partial charge in [-0.15, -0.1) is 11.8 Å². The van der Waals surface area contributed by atoms with Gasteiger partial charge in [-0.25, -0.2) is 0 Å². The zero-order chi connectivity index (χ0) is 20.1. The van der Waals surface area contributed by atoms with Gasteiger partial charge >= 0.3 is 5.97 Å². The molecular weight excluding hydrogens is 372 g/mol. The topological polar surface area (TPSA) is 59.7 Å². The van der Waals surface area contributed by atoms with E-state index in [1.807, 2.05) is 38.1 Å². The van der Waals surface area contributed by atoms with Crippen LogP contribution < -0.4 is 4.74 Å². The van der Waals surface area contributed by atoms with E-state index in [-0.39, 0.29) is 5.75 Å². The Balaban J connectivity index is 1.68. The molecular formula is C23H24O4S. The molecule has 0 saturated heterocycles. The highest BCUT2D eigenvalue weighted by Gasteiger charge is 2.11. The summed E-state index contributed by atoms with van der Waals surface area (Å²) in [7, 11) is 0. The number of carbonyl (C=O) groups is 1. The highest BCUT2D eigenvalue weighted by atomic mass is 32.2. The third-order valence-electron chi connectivity index (χ3n) is 4.49. The first kappa shape index (κ1) is 20.1. The number of aliphatic carboxylic acids is 1. The van der Waals surface area contributed by atoms with Crippen molar-refractivity contribution >= 4 is 17.7 Å². The molecule has 1 N–H and O–H groups in total. The van der Waals surface area contributed by atoms with Crippen molar-refractivity contribution in [3.63, 3.8) is 0 Å². The number of carboxylic acid groups (broad SMARTS) is 1. The molecule has 3 rings (SSSR count). The summed E-state index contributed by atoms with van der Waals surface area (Å²) in [6.07, 6.45) is 0. The second-order valence-corrected chi connectivity index (χ2v) is 7.82. The first-order chi connectivity index (χ1) is 13.4. The van der Waals surface area contributed by atoms with Crippen molar-refractivity contribution in [2.45, 2.75) is 33.1 Å². The van der Waals surface area contributed by atoms with Crippen molar-refractivity contribution in [2.24, 2.45) is 0 Å². The zero-order valence-electron chi connectivity index (χ0n) is 16.3. The van der Waals surface area contributed by atoms with E-state index in [1.54, 1.807) is 0 Å². The largest absolute Gasteiger partial charge is 0.488 e. The normalized spacial score (nSPS) is 10.8. The van der Waals surface area contributed by atoms with Gasteiger partial charge in [-0.1, -0.05) is 42.0 Å². The summed E-state index contributed by atoms with van der Waals surface area (Å²) in [6.45, 7) is 6.44. The maximum Gasteiger partial charge on any atom is 0.313 e. The third-order valence-corrected chi connectivity index (χ3v) is 5.48. The van der Waals surface area contributed by atoms with Gasteiger partial charge in [-0.05, 0) is 44.0 Å². The van der Waals surface area contributed by atoms with Crippen LogP contribution in [-0.2, 0) is 17.2 Å². The molecule has 0 aliphatic rings. The lowest BCUT2D eigenvalue weighted by Gasteiger charge is -2.10. The van der Waals surface area contributed by atoms with Crippen molar-refractivity contribution in [3.05, 3.63) is 76.5 Å². The van der Waals surface area contributed by atoms with Crippen LogP contribution in [0.2, 0.25) is 0 Å². The summed E-state index contributed by atoms with van der Waals surface area (Å²) >= 11 is 1.38. The Kier molecular flexibility index (Phi) is 6.47. The van der Waals surface area contributed by atoms with Crippen LogP contribution >= 0.6 is 11.8 Å². The molecule has 0 fully saturated rings. The number of carboxylic acids is 1. The second-order valence-electron chi connectivity index (χ2n) is 6.83. The number of rotatable bonds is 8.